The molecule has 96 valence electrons. The van der Waals surface area contributed by atoms with Crippen LogP contribution >= 0.6 is 11.6 Å². The lowest BCUT2D eigenvalue weighted by molar-refractivity contribution is -0.128. The van der Waals surface area contributed by atoms with E-state index in [2.05, 4.69) is 6.92 Å². The van der Waals surface area contributed by atoms with Gasteiger partial charge in [0.1, 0.15) is 0 Å². The molecule has 0 aliphatic rings. The monoisotopic (exact) mass is 256 g/mol. The number of hydrogen-bond donors (Lipinski definition) is 0. The van der Waals surface area contributed by atoms with Gasteiger partial charge in [-0.3, -0.25) is 0 Å². The van der Waals surface area contributed by atoms with Crippen LogP contribution in [0, 0.1) is 0 Å². The minimum Gasteiger partial charge on any atom is -0.352 e. The fourth-order valence-corrected chi connectivity index (χ4v) is 1.77. The first-order chi connectivity index (χ1) is 8.27. The van der Waals surface area contributed by atoms with Crippen LogP contribution < -0.4 is 0 Å². The van der Waals surface area contributed by atoms with E-state index in [1.54, 1.807) is 7.11 Å². The van der Waals surface area contributed by atoms with Crippen LogP contribution in [0.1, 0.15) is 44.5 Å². The van der Waals surface area contributed by atoms with Crippen molar-refractivity contribution in [3.05, 3.63) is 34.9 Å². The van der Waals surface area contributed by atoms with E-state index in [9.17, 15) is 0 Å². The second-order valence-corrected chi connectivity index (χ2v) is 4.49. The number of unbranched alkanes of at least 4 members (excludes halogenated alkanes) is 3. The first kappa shape index (κ1) is 14.5. The van der Waals surface area contributed by atoms with Gasteiger partial charge in [0.15, 0.2) is 6.29 Å². The highest BCUT2D eigenvalue weighted by atomic mass is 35.5. The Labute approximate surface area is 109 Å². The Kier molecular flexibility index (Phi) is 7.25. The van der Waals surface area contributed by atoms with Crippen molar-refractivity contribution in [1.82, 2.24) is 0 Å². The molecule has 3 heteroatoms. The molecule has 0 spiro atoms. The third-order valence-corrected chi connectivity index (χ3v) is 2.88. The second-order valence-electron chi connectivity index (χ2n) is 4.05. The van der Waals surface area contributed by atoms with E-state index in [4.69, 9.17) is 21.1 Å². The highest BCUT2D eigenvalue weighted by Crippen LogP contribution is 2.20. The molecule has 1 aromatic rings. The topological polar surface area (TPSA) is 18.5 Å². The van der Waals surface area contributed by atoms with Gasteiger partial charge in [-0.25, -0.2) is 0 Å². The van der Waals surface area contributed by atoms with E-state index in [1.165, 1.54) is 19.3 Å². The fourth-order valence-electron chi connectivity index (χ4n) is 1.64. The Bertz CT molecular complexity index is 298. The molecule has 1 unspecified atom stereocenters. The zero-order valence-electron chi connectivity index (χ0n) is 10.6. The zero-order chi connectivity index (χ0) is 12.5. The van der Waals surface area contributed by atoms with Gasteiger partial charge in [-0.1, -0.05) is 49.9 Å². The molecule has 0 radical (unpaired) electrons. The number of ether oxygens (including phenoxy) is 2. The number of benzene rings is 1. The average molecular weight is 257 g/mol. The Morgan fingerprint density at radius 3 is 2.41 bits per heavy atom. The summed E-state index contributed by atoms with van der Waals surface area (Å²) in [6, 6.07) is 7.57. The smallest absolute Gasteiger partial charge is 0.183 e. The Hall–Kier alpha value is -0.570. The fraction of sp³-hybridized carbons (Fsp3) is 0.571. The summed E-state index contributed by atoms with van der Waals surface area (Å²) < 4.78 is 11.0. The molecule has 0 bridgehead atoms. The third-order valence-electron chi connectivity index (χ3n) is 2.62. The molecule has 1 aromatic carbocycles. The van der Waals surface area contributed by atoms with Crippen molar-refractivity contribution in [3.8, 4) is 0 Å². The maximum atomic E-state index is 5.84. The van der Waals surface area contributed by atoms with Gasteiger partial charge in [-0.2, -0.15) is 0 Å². The molecule has 0 amide bonds. The Balaban J connectivity index is 2.35. The number of methoxy groups -OCH3 is 1. The van der Waals surface area contributed by atoms with Crippen molar-refractivity contribution in [1.29, 1.82) is 0 Å². The molecule has 0 aliphatic carbocycles. The Morgan fingerprint density at radius 2 is 1.82 bits per heavy atom. The second kappa shape index (κ2) is 8.51. The Morgan fingerprint density at radius 1 is 1.12 bits per heavy atom. The van der Waals surface area contributed by atoms with Gasteiger partial charge in [0, 0.05) is 17.7 Å². The van der Waals surface area contributed by atoms with E-state index in [0.717, 1.165) is 23.6 Å². The molecule has 0 heterocycles. The molecule has 0 saturated carbocycles. The quantitative estimate of drug-likeness (QED) is 0.501. The van der Waals surface area contributed by atoms with E-state index in [0.29, 0.717) is 0 Å². The summed E-state index contributed by atoms with van der Waals surface area (Å²) in [6.45, 7) is 2.94. The standard InChI is InChI=1S/C14H21ClO2/c1-3-4-5-6-11-17-14(16-2)12-7-9-13(15)10-8-12/h7-10,14H,3-6,11H2,1-2H3. The van der Waals surface area contributed by atoms with E-state index in [-0.39, 0.29) is 6.29 Å². The van der Waals surface area contributed by atoms with Crippen LogP contribution in [0.2, 0.25) is 5.02 Å². The van der Waals surface area contributed by atoms with Gasteiger partial charge >= 0.3 is 0 Å². The molecule has 2 nitrogen and oxygen atoms in total. The largest absolute Gasteiger partial charge is 0.352 e. The lowest BCUT2D eigenvalue weighted by atomic mass is 10.2. The van der Waals surface area contributed by atoms with Gasteiger partial charge in [-0.15, -0.1) is 0 Å². The van der Waals surface area contributed by atoms with Crippen LogP contribution in [-0.4, -0.2) is 13.7 Å². The SMILES string of the molecule is CCCCCCOC(OC)c1ccc(Cl)cc1. The van der Waals surface area contributed by atoms with Crippen LogP contribution in [0.4, 0.5) is 0 Å². The minimum atomic E-state index is -0.283. The molecule has 0 saturated heterocycles. The van der Waals surface area contributed by atoms with Crippen molar-refractivity contribution >= 4 is 11.6 Å². The van der Waals surface area contributed by atoms with Crippen LogP contribution in [0.15, 0.2) is 24.3 Å². The zero-order valence-corrected chi connectivity index (χ0v) is 11.4. The number of halogens is 1. The lowest BCUT2D eigenvalue weighted by Gasteiger charge is -2.16. The predicted octanol–water partition coefficient (Wildman–Crippen LogP) is 4.58. The van der Waals surface area contributed by atoms with E-state index >= 15 is 0 Å². The van der Waals surface area contributed by atoms with Crippen LogP contribution in [0.5, 0.6) is 0 Å². The average Bonchev–Trinajstić information content (AvgIpc) is 2.35. The summed E-state index contributed by atoms with van der Waals surface area (Å²) >= 11 is 5.84. The number of hydrogen-bond acceptors (Lipinski definition) is 2. The summed E-state index contributed by atoms with van der Waals surface area (Å²) in [5, 5.41) is 0.728. The first-order valence-electron chi connectivity index (χ1n) is 6.17. The van der Waals surface area contributed by atoms with Crippen molar-refractivity contribution in [2.24, 2.45) is 0 Å². The highest BCUT2D eigenvalue weighted by molar-refractivity contribution is 6.30. The van der Waals surface area contributed by atoms with Gasteiger partial charge in [-0.05, 0) is 18.6 Å². The van der Waals surface area contributed by atoms with Gasteiger partial charge in [0.05, 0.1) is 6.61 Å². The maximum Gasteiger partial charge on any atom is 0.183 e. The summed E-state index contributed by atoms with van der Waals surface area (Å²) in [4.78, 5) is 0. The van der Waals surface area contributed by atoms with Crippen molar-refractivity contribution < 1.29 is 9.47 Å². The molecule has 0 aliphatic heterocycles. The van der Waals surface area contributed by atoms with Crippen molar-refractivity contribution in [2.75, 3.05) is 13.7 Å². The summed E-state index contributed by atoms with van der Waals surface area (Å²) in [6.07, 6.45) is 4.52. The van der Waals surface area contributed by atoms with Crippen LogP contribution in [0.3, 0.4) is 0 Å². The summed E-state index contributed by atoms with van der Waals surface area (Å²) in [5.74, 6) is 0. The van der Waals surface area contributed by atoms with Gasteiger partial charge in [0.2, 0.25) is 0 Å². The molecule has 1 atom stereocenters. The molecule has 0 N–H and O–H groups in total. The van der Waals surface area contributed by atoms with Gasteiger partial charge < -0.3 is 9.47 Å². The molecule has 1 rings (SSSR count). The normalized spacial score (nSPS) is 12.6. The van der Waals surface area contributed by atoms with Crippen LogP contribution in [-0.2, 0) is 9.47 Å². The first-order valence-corrected chi connectivity index (χ1v) is 6.55. The lowest BCUT2D eigenvalue weighted by Crippen LogP contribution is -2.07. The predicted molar refractivity (Wildman–Crippen MR) is 71.3 cm³/mol. The summed E-state index contributed by atoms with van der Waals surface area (Å²) in [5.41, 5.74) is 1.01. The van der Waals surface area contributed by atoms with Gasteiger partial charge in [0.25, 0.3) is 0 Å². The van der Waals surface area contributed by atoms with Crippen molar-refractivity contribution in [2.45, 2.75) is 38.9 Å². The highest BCUT2D eigenvalue weighted by Gasteiger charge is 2.09. The van der Waals surface area contributed by atoms with E-state index < -0.39 is 0 Å². The molecule has 0 fully saturated rings. The maximum absolute atomic E-state index is 5.84. The van der Waals surface area contributed by atoms with Crippen molar-refractivity contribution in [3.63, 3.8) is 0 Å². The number of rotatable bonds is 8. The third kappa shape index (κ3) is 5.53. The molecule has 0 aromatic heterocycles. The summed E-state index contributed by atoms with van der Waals surface area (Å²) in [7, 11) is 1.66. The molecular weight excluding hydrogens is 236 g/mol. The minimum absolute atomic E-state index is 0.283. The molecule has 17 heavy (non-hydrogen) atoms. The van der Waals surface area contributed by atoms with Crippen LogP contribution in [0.25, 0.3) is 0 Å². The molecular formula is C14H21ClO2. The van der Waals surface area contributed by atoms with E-state index in [1.807, 2.05) is 24.3 Å².